The Morgan fingerprint density at radius 3 is 2.59 bits per heavy atom. The molecule has 2 heterocycles. The van der Waals surface area contributed by atoms with Crippen molar-refractivity contribution in [2.45, 2.75) is 46.1 Å². The minimum Gasteiger partial charge on any atom is -0.390 e. The summed E-state index contributed by atoms with van der Waals surface area (Å²) in [5, 5.41) is 20.7. The monoisotopic (exact) mass is 393 g/mol. The summed E-state index contributed by atoms with van der Waals surface area (Å²) in [6, 6.07) is 10.0. The van der Waals surface area contributed by atoms with Crippen molar-refractivity contribution in [2.24, 2.45) is 5.92 Å². The molecule has 1 unspecified atom stereocenters. The highest BCUT2D eigenvalue weighted by Gasteiger charge is 2.24. The molecular formula is C24H31N3O2. The van der Waals surface area contributed by atoms with Gasteiger partial charge in [-0.15, -0.1) is 0 Å². The van der Waals surface area contributed by atoms with Crippen LogP contribution < -0.4 is 4.90 Å². The number of hydrogen-bond donors (Lipinski definition) is 1. The van der Waals surface area contributed by atoms with Crippen molar-refractivity contribution in [2.75, 3.05) is 31.1 Å². The average molecular weight is 394 g/mol. The zero-order chi connectivity index (χ0) is 21.0. The van der Waals surface area contributed by atoms with E-state index in [-0.39, 0.29) is 12.2 Å². The smallest absolute Gasteiger partial charge is 0.160 e. The van der Waals surface area contributed by atoms with Crippen LogP contribution in [0.1, 0.15) is 39.2 Å². The highest BCUT2D eigenvalue weighted by atomic mass is 16.3. The van der Waals surface area contributed by atoms with Crippen LogP contribution in [0.2, 0.25) is 0 Å². The Bertz CT molecular complexity index is 857. The van der Waals surface area contributed by atoms with Gasteiger partial charge in [-0.2, -0.15) is 5.26 Å². The molecule has 0 spiro atoms. The third-order valence-electron chi connectivity index (χ3n) is 6.04. The summed E-state index contributed by atoms with van der Waals surface area (Å²) in [7, 11) is 0. The summed E-state index contributed by atoms with van der Waals surface area (Å²) in [5.74, 6) is 0.740. The van der Waals surface area contributed by atoms with Crippen LogP contribution in [0.25, 0.3) is 0 Å². The molecule has 154 valence electrons. The maximum atomic E-state index is 12.5. The van der Waals surface area contributed by atoms with Crippen molar-refractivity contribution in [3.8, 4) is 6.07 Å². The van der Waals surface area contributed by atoms with E-state index in [9.17, 15) is 15.2 Å². The third kappa shape index (κ3) is 5.14. The summed E-state index contributed by atoms with van der Waals surface area (Å²) in [6.45, 7) is 9.03. The lowest BCUT2D eigenvalue weighted by molar-refractivity contribution is -0.114. The van der Waals surface area contributed by atoms with Gasteiger partial charge in [-0.1, -0.05) is 25.1 Å². The van der Waals surface area contributed by atoms with Gasteiger partial charge < -0.3 is 14.9 Å². The fraction of sp³-hybridized carbons (Fsp3) is 0.500. The molecule has 1 aromatic carbocycles. The maximum absolute atomic E-state index is 12.5. The molecule has 1 atom stereocenters. The number of nitrogens with zero attached hydrogens (tertiary/aromatic N) is 3. The Hall–Kier alpha value is -2.42. The van der Waals surface area contributed by atoms with Gasteiger partial charge in [-0.05, 0) is 69.0 Å². The second kappa shape index (κ2) is 9.39. The summed E-state index contributed by atoms with van der Waals surface area (Å²) < 4.78 is 0. The molecule has 0 aromatic heterocycles. The molecule has 0 amide bonds. The minimum absolute atomic E-state index is 0.0136. The number of benzene rings is 1. The summed E-state index contributed by atoms with van der Waals surface area (Å²) in [5.41, 5.74) is 3.75. The maximum Gasteiger partial charge on any atom is 0.160 e. The number of likely N-dealkylation sites (tertiary alicyclic amines) is 1. The number of para-hydroxylation sites is 1. The number of allylic oxidation sites excluding steroid dienone is 4. The first-order valence-corrected chi connectivity index (χ1v) is 10.5. The highest BCUT2D eigenvalue weighted by molar-refractivity contribution is 5.94. The van der Waals surface area contributed by atoms with Crippen molar-refractivity contribution in [1.82, 2.24) is 4.90 Å². The topological polar surface area (TPSA) is 67.6 Å². The van der Waals surface area contributed by atoms with E-state index in [1.807, 2.05) is 36.1 Å². The second-order valence-electron chi connectivity index (χ2n) is 8.42. The Balaban J connectivity index is 1.91. The van der Waals surface area contributed by atoms with Crippen LogP contribution in [-0.2, 0) is 11.2 Å². The first-order valence-electron chi connectivity index (χ1n) is 10.5. The standard InChI is InChI=1S/C24H31N3O2/c1-17-8-10-26(11-9-17)15-22(29)16-27-19(3)23(14-25)18(2)12-21(28)13-20-6-4-5-7-24(20)27/h4-7,12,17,22,29H,8-11,13,15-16H2,1-3H3/b18-12-,23-19+. The molecule has 1 N–H and O–H groups in total. The second-order valence-corrected chi connectivity index (χ2v) is 8.42. The van der Waals surface area contributed by atoms with Crippen LogP contribution in [0.4, 0.5) is 5.69 Å². The largest absolute Gasteiger partial charge is 0.390 e. The van der Waals surface area contributed by atoms with E-state index >= 15 is 0 Å². The SMILES string of the molecule is CC1=C/C(=O)Cc2ccccc2N(CC(O)CN2CCC(C)CC2)\C(C)=C\1C#N. The first-order chi connectivity index (χ1) is 13.9. The van der Waals surface area contributed by atoms with Gasteiger partial charge in [0.05, 0.1) is 18.2 Å². The van der Waals surface area contributed by atoms with Gasteiger partial charge in [0.2, 0.25) is 0 Å². The van der Waals surface area contributed by atoms with Crippen LogP contribution in [-0.4, -0.2) is 48.1 Å². The van der Waals surface area contributed by atoms with Gasteiger partial charge >= 0.3 is 0 Å². The molecule has 0 radical (unpaired) electrons. The predicted molar refractivity (Wildman–Crippen MR) is 115 cm³/mol. The van der Waals surface area contributed by atoms with Gasteiger partial charge in [0.1, 0.15) is 6.07 Å². The molecule has 2 aliphatic rings. The summed E-state index contributed by atoms with van der Waals surface area (Å²) in [6.07, 6.45) is 3.64. The van der Waals surface area contributed by atoms with Crippen LogP contribution >= 0.6 is 0 Å². The number of rotatable bonds is 4. The Morgan fingerprint density at radius 2 is 1.90 bits per heavy atom. The molecule has 2 aliphatic heterocycles. The van der Waals surface area contributed by atoms with Gasteiger partial charge in [-0.25, -0.2) is 0 Å². The van der Waals surface area contributed by atoms with Gasteiger partial charge in [0.15, 0.2) is 5.78 Å². The molecule has 1 fully saturated rings. The fourth-order valence-corrected chi connectivity index (χ4v) is 4.29. The average Bonchev–Trinajstić information content (AvgIpc) is 2.71. The number of piperidine rings is 1. The quantitative estimate of drug-likeness (QED) is 0.849. The minimum atomic E-state index is -0.549. The molecule has 0 saturated carbocycles. The predicted octanol–water partition coefficient (Wildman–Crippen LogP) is 3.45. The number of aliphatic hydroxyl groups excluding tert-OH is 1. The van der Waals surface area contributed by atoms with E-state index in [1.165, 1.54) is 12.8 Å². The van der Waals surface area contributed by atoms with E-state index in [4.69, 9.17) is 0 Å². The van der Waals surface area contributed by atoms with E-state index in [1.54, 1.807) is 13.0 Å². The molecule has 3 rings (SSSR count). The first kappa shape index (κ1) is 21.3. The van der Waals surface area contributed by atoms with E-state index in [0.717, 1.165) is 36.0 Å². The van der Waals surface area contributed by atoms with Crippen LogP contribution in [0.3, 0.4) is 0 Å². The number of ketones is 1. The Labute approximate surface area is 173 Å². The van der Waals surface area contributed by atoms with Gasteiger partial charge in [-0.3, -0.25) is 4.79 Å². The highest BCUT2D eigenvalue weighted by Crippen LogP contribution is 2.30. The van der Waals surface area contributed by atoms with Crippen molar-refractivity contribution >= 4 is 11.5 Å². The van der Waals surface area contributed by atoms with Crippen molar-refractivity contribution < 1.29 is 9.90 Å². The molecule has 1 aromatic rings. The molecule has 5 nitrogen and oxygen atoms in total. The third-order valence-corrected chi connectivity index (χ3v) is 6.04. The van der Waals surface area contributed by atoms with Gasteiger partial charge in [0, 0.05) is 24.4 Å². The molecule has 5 heteroatoms. The molecule has 0 bridgehead atoms. The zero-order valence-corrected chi connectivity index (χ0v) is 17.7. The number of aliphatic hydroxyl groups is 1. The molecule has 29 heavy (non-hydrogen) atoms. The normalized spacial score (nSPS) is 24.6. The summed E-state index contributed by atoms with van der Waals surface area (Å²) in [4.78, 5) is 16.8. The number of fused-ring (bicyclic) bond motifs is 1. The number of carbonyl (C=O) groups is 1. The fourth-order valence-electron chi connectivity index (χ4n) is 4.29. The zero-order valence-electron chi connectivity index (χ0n) is 17.7. The van der Waals surface area contributed by atoms with Crippen molar-refractivity contribution in [3.05, 3.63) is 52.7 Å². The summed E-state index contributed by atoms with van der Waals surface area (Å²) >= 11 is 0. The number of carbonyl (C=O) groups excluding carboxylic acids is 1. The Morgan fingerprint density at radius 1 is 1.21 bits per heavy atom. The number of β-amino-alcohol motifs (C(OH)–C–C–N with tert-alkyl or cyclic N) is 1. The Kier molecular flexibility index (Phi) is 6.89. The van der Waals surface area contributed by atoms with E-state index < -0.39 is 6.10 Å². The number of anilines is 1. The lowest BCUT2D eigenvalue weighted by Gasteiger charge is -2.34. The molecular weight excluding hydrogens is 362 g/mol. The van der Waals surface area contributed by atoms with Crippen LogP contribution in [0.15, 0.2) is 47.2 Å². The molecule has 0 aliphatic carbocycles. The van der Waals surface area contributed by atoms with Crippen molar-refractivity contribution in [1.29, 1.82) is 5.26 Å². The van der Waals surface area contributed by atoms with Crippen molar-refractivity contribution in [3.63, 3.8) is 0 Å². The number of hydrogen-bond acceptors (Lipinski definition) is 5. The molecule has 1 saturated heterocycles. The van der Waals surface area contributed by atoms with E-state index in [2.05, 4.69) is 17.9 Å². The van der Waals surface area contributed by atoms with E-state index in [0.29, 0.717) is 24.2 Å². The number of nitriles is 1. The van der Waals surface area contributed by atoms with Gasteiger partial charge in [0.25, 0.3) is 0 Å². The lowest BCUT2D eigenvalue weighted by atomic mass is 9.99. The van der Waals surface area contributed by atoms with Crippen LogP contribution in [0, 0.1) is 17.2 Å². The lowest BCUT2D eigenvalue weighted by Crippen LogP contribution is -2.43. The van der Waals surface area contributed by atoms with Crippen LogP contribution in [0.5, 0.6) is 0 Å².